The maximum Gasteiger partial charge on any atom is 0.329 e. The van der Waals surface area contributed by atoms with Crippen LogP contribution in [0, 0.1) is 17.2 Å². The zero-order valence-corrected chi connectivity index (χ0v) is 18.2. The van der Waals surface area contributed by atoms with Crippen LogP contribution in [0.2, 0.25) is 0 Å². The number of carbonyl (C=O) groups is 3. The number of halogens is 1. The number of ketones is 1. The smallest absolute Gasteiger partial charge is 0.329 e. The highest BCUT2D eigenvalue weighted by molar-refractivity contribution is 7.16. The standard InChI is InChI=1S/C21H21ClN4O4S/c22-12-5-6-16-14(7-12)18(27)11(10-30-16)9-24-26-20(29)19(28)25-21-15(8-23)13-3-1-2-4-17(13)31-21/h9-10,12,14,16H,1-7H2,(H,25,28)(H,26,29)/b24-9+. The SMILES string of the molecule is N#Cc1c(NC(=O)C(=O)N/N=C/C2=COC3CCC(Cl)CC3C2=O)sc2c1CCCC2. The Morgan fingerprint density at radius 1 is 1.29 bits per heavy atom. The van der Waals surface area contributed by atoms with Crippen LogP contribution < -0.4 is 10.7 Å². The maximum absolute atomic E-state index is 12.6. The fraction of sp³-hybridized carbons (Fsp3) is 0.476. The number of hydrazone groups is 1. The third-order valence-corrected chi connectivity index (χ3v) is 7.40. The molecule has 8 nitrogen and oxygen atoms in total. The molecule has 2 aliphatic carbocycles. The van der Waals surface area contributed by atoms with E-state index in [4.69, 9.17) is 16.3 Å². The molecule has 0 bridgehead atoms. The van der Waals surface area contributed by atoms with Gasteiger partial charge in [0.1, 0.15) is 17.2 Å². The summed E-state index contributed by atoms with van der Waals surface area (Å²) in [5.74, 6) is -2.37. The molecule has 1 aliphatic heterocycles. The molecule has 2 heterocycles. The van der Waals surface area contributed by atoms with Crippen molar-refractivity contribution >= 4 is 51.8 Å². The zero-order valence-electron chi connectivity index (χ0n) is 16.7. The van der Waals surface area contributed by atoms with Crippen molar-refractivity contribution in [3.63, 3.8) is 0 Å². The number of carbonyl (C=O) groups excluding carboxylic acids is 3. The molecular formula is C21H21ClN4O4S. The summed E-state index contributed by atoms with van der Waals surface area (Å²) >= 11 is 7.51. The molecule has 0 spiro atoms. The van der Waals surface area contributed by atoms with Crippen molar-refractivity contribution in [3.05, 3.63) is 27.8 Å². The molecule has 4 rings (SSSR count). The van der Waals surface area contributed by atoms with Crippen LogP contribution in [0.5, 0.6) is 0 Å². The molecule has 1 fully saturated rings. The van der Waals surface area contributed by atoms with E-state index in [0.29, 0.717) is 17.0 Å². The lowest BCUT2D eigenvalue weighted by molar-refractivity contribution is -0.136. The molecule has 1 aromatic heterocycles. The Morgan fingerprint density at radius 3 is 2.90 bits per heavy atom. The number of alkyl halides is 1. The fourth-order valence-corrected chi connectivity index (χ4v) is 5.75. The van der Waals surface area contributed by atoms with Gasteiger partial charge < -0.3 is 10.1 Å². The number of nitrogens with one attached hydrogen (secondary N) is 2. The highest BCUT2D eigenvalue weighted by atomic mass is 35.5. The van der Waals surface area contributed by atoms with Gasteiger partial charge in [0, 0.05) is 10.3 Å². The van der Waals surface area contributed by atoms with Gasteiger partial charge in [-0.3, -0.25) is 14.4 Å². The molecule has 3 atom stereocenters. The lowest BCUT2D eigenvalue weighted by atomic mass is 9.80. The fourth-order valence-electron chi connectivity index (χ4n) is 4.20. The van der Waals surface area contributed by atoms with Crippen LogP contribution >= 0.6 is 22.9 Å². The molecular weight excluding hydrogens is 440 g/mol. The molecule has 2 amide bonds. The summed E-state index contributed by atoms with van der Waals surface area (Å²) in [6.07, 6.45) is 8.13. The summed E-state index contributed by atoms with van der Waals surface area (Å²) in [5, 5.41) is 16.0. The minimum atomic E-state index is -0.993. The summed E-state index contributed by atoms with van der Waals surface area (Å²) in [6.45, 7) is 0. The van der Waals surface area contributed by atoms with Crippen molar-refractivity contribution < 1.29 is 19.1 Å². The zero-order chi connectivity index (χ0) is 22.0. The van der Waals surface area contributed by atoms with E-state index in [0.717, 1.165) is 49.0 Å². The van der Waals surface area contributed by atoms with Crippen molar-refractivity contribution in [2.75, 3.05) is 5.32 Å². The highest BCUT2D eigenvalue weighted by Gasteiger charge is 2.39. The van der Waals surface area contributed by atoms with Gasteiger partial charge >= 0.3 is 11.8 Å². The molecule has 3 unspecified atom stereocenters. The second-order valence-corrected chi connectivity index (χ2v) is 9.53. The first-order chi connectivity index (χ1) is 15.0. The third kappa shape index (κ3) is 4.50. The summed E-state index contributed by atoms with van der Waals surface area (Å²) in [7, 11) is 0. The first kappa shape index (κ1) is 21.5. The first-order valence-corrected chi connectivity index (χ1v) is 11.5. The van der Waals surface area contributed by atoms with Crippen LogP contribution in [-0.2, 0) is 32.0 Å². The number of nitriles is 1. The Bertz CT molecular complexity index is 1030. The van der Waals surface area contributed by atoms with Crippen LogP contribution in [0.4, 0.5) is 5.00 Å². The van der Waals surface area contributed by atoms with E-state index in [9.17, 15) is 19.6 Å². The minimum absolute atomic E-state index is 0.0605. The van der Waals surface area contributed by atoms with Crippen molar-refractivity contribution in [1.82, 2.24) is 5.43 Å². The van der Waals surface area contributed by atoms with Gasteiger partial charge in [-0.2, -0.15) is 10.4 Å². The number of anilines is 1. The number of ether oxygens (including phenoxy) is 1. The molecule has 0 radical (unpaired) electrons. The van der Waals surface area contributed by atoms with E-state index in [1.54, 1.807) is 0 Å². The normalized spacial score (nSPS) is 25.0. The van der Waals surface area contributed by atoms with Crippen LogP contribution in [0.1, 0.15) is 48.1 Å². The molecule has 162 valence electrons. The summed E-state index contributed by atoms with van der Waals surface area (Å²) in [4.78, 5) is 38.0. The molecule has 1 saturated carbocycles. The summed E-state index contributed by atoms with van der Waals surface area (Å²) < 4.78 is 5.61. The Kier molecular flexibility index (Phi) is 6.39. The van der Waals surface area contributed by atoms with E-state index in [1.807, 2.05) is 0 Å². The minimum Gasteiger partial charge on any atom is -0.496 e. The molecule has 0 aromatic carbocycles. The van der Waals surface area contributed by atoms with Crippen molar-refractivity contribution in [3.8, 4) is 6.07 Å². The topological polar surface area (TPSA) is 121 Å². The quantitative estimate of drug-likeness (QED) is 0.311. The lowest BCUT2D eigenvalue weighted by Gasteiger charge is -2.35. The van der Waals surface area contributed by atoms with Gasteiger partial charge in [-0.05, 0) is 50.5 Å². The molecule has 2 N–H and O–H groups in total. The molecule has 3 aliphatic rings. The number of Topliss-reactive ketones (excluding diaryl/α,β-unsaturated/α-hetero) is 1. The number of nitrogens with zero attached hydrogens (tertiary/aromatic N) is 2. The Balaban J connectivity index is 1.36. The Morgan fingerprint density at radius 2 is 2.10 bits per heavy atom. The van der Waals surface area contributed by atoms with Crippen LogP contribution in [0.15, 0.2) is 16.9 Å². The summed E-state index contributed by atoms with van der Waals surface area (Å²) in [6, 6.07) is 2.13. The third-order valence-electron chi connectivity index (χ3n) is 5.80. The van der Waals surface area contributed by atoms with Gasteiger partial charge in [-0.15, -0.1) is 22.9 Å². The van der Waals surface area contributed by atoms with Crippen LogP contribution in [-0.4, -0.2) is 35.3 Å². The lowest BCUT2D eigenvalue weighted by Crippen LogP contribution is -2.40. The number of fused-ring (bicyclic) bond motifs is 2. The van der Waals surface area contributed by atoms with Crippen molar-refractivity contribution in [2.24, 2.45) is 11.0 Å². The second kappa shape index (κ2) is 9.20. The number of thiophene rings is 1. The number of rotatable bonds is 3. The molecule has 31 heavy (non-hydrogen) atoms. The average Bonchev–Trinajstić information content (AvgIpc) is 3.12. The van der Waals surface area contributed by atoms with Crippen LogP contribution in [0.3, 0.4) is 0 Å². The first-order valence-electron chi connectivity index (χ1n) is 10.2. The number of amides is 2. The van der Waals surface area contributed by atoms with Gasteiger partial charge in [0.2, 0.25) is 0 Å². The van der Waals surface area contributed by atoms with E-state index in [2.05, 4.69) is 21.9 Å². The van der Waals surface area contributed by atoms with Gasteiger partial charge in [0.25, 0.3) is 0 Å². The van der Waals surface area contributed by atoms with Crippen LogP contribution in [0.25, 0.3) is 0 Å². The number of hydrogen-bond acceptors (Lipinski definition) is 7. The van der Waals surface area contributed by atoms with E-state index < -0.39 is 11.8 Å². The monoisotopic (exact) mass is 460 g/mol. The predicted octanol–water partition coefficient (Wildman–Crippen LogP) is 2.80. The van der Waals surface area contributed by atoms with E-state index >= 15 is 0 Å². The number of allylic oxidation sites excluding steroid dienone is 1. The molecule has 1 aromatic rings. The van der Waals surface area contributed by atoms with Gasteiger partial charge in [0.05, 0.1) is 29.5 Å². The van der Waals surface area contributed by atoms with Crippen molar-refractivity contribution in [2.45, 2.75) is 56.4 Å². The van der Waals surface area contributed by atoms with E-state index in [1.165, 1.54) is 23.8 Å². The number of aryl methyl sites for hydroxylation is 1. The second-order valence-electron chi connectivity index (χ2n) is 7.81. The van der Waals surface area contributed by atoms with Crippen molar-refractivity contribution in [1.29, 1.82) is 5.26 Å². The average molecular weight is 461 g/mol. The number of hydrogen-bond donors (Lipinski definition) is 2. The van der Waals surface area contributed by atoms with Gasteiger partial charge in [-0.25, -0.2) is 5.43 Å². The molecule has 0 saturated heterocycles. The Labute approximate surface area is 188 Å². The largest absolute Gasteiger partial charge is 0.496 e. The summed E-state index contributed by atoms with van der Waals surface area (Å²) in [5.41, 5.74) is 3.73. The van der Waals surface area contributed by atoms with Gasteiger partial charge in [0.15, 0.2) is 5.78 Å². The maximum atomic E-state index is 12.6. The predicted molar refractivity (Wildman–Crippen MR) is 116 cm³/mol. The van der Waals surface area contributed by atoms with E-state index in [-0.39, 0.29) is 28.8 Å². The van der Waals surface area contributed by atoms with Gasteiger partial charge in [-0.1, -0.05) is 0 Å². The highest BCUT2D eigenvalue weighted by Crippen LogP contribution is 2.37. The Hall–Kier alpha value is -2.70. The molecule has 10 heteroatoms.